The molecule has 5 heteroatoms. The second kappa shape index (κ2) is 4.92. The van der Waals surface area contributed by atoms with Crippen LogP contribution < -0.4 is 4.90 Å². The largest absolute Gasteiger partial charge is 0.469 e. The van der Waals surface area contributed by atoms with Crippen molar-refractivity contribution in [1.29, 1.82) is 0 Å². The van der Waals surface area contributed by atoms with E-state index in [0.717, 1.165) is 18.7 Å². The molecule has 0 aliphatic carbocycles. The van der Waals surface area contributed by atoms with Gasteiger partial charge in [-0.15, -0.1) is 0 Å². The highest BCUT2D eigenvalue weighted by molar-refractivity contribution is 6.30. The highest BCUT2D eigenvalue weighted by Gasteiger charge is 2.29. The average molecular weight is 258 g/mol. The quantitative estimate of drug-likeness (QED) is 0.763. The highest BCUT2D eigenvalue weighted by atomic mass is 35.5. The van der Waals surface area contributed by atoms with Crippen LogP contribution in [-0.4, -0.2) is 26.2 Å². The number of hydrogen-bond donors (Lipinski definition) is 0. The molecule has 2 rings (SSSR count). The molecule has 0 saturated carbocycles. The molecule has 17 heavy (non-hydrogen) atoms. The van der Waals surface area contributed by atoms with E-state index in [1.165, 1.54) is 19.2 Å². The van der Waals surface area contributed by atoms with Gasteiger partial charge in [-0.25, -0.2) is 4.39 Å². The Morgan fingerprint density at radius 1 is 1.59 bits per heavy atom. The molecule has 1 atom stereocenters. The summed E-state index contributed by atoms with van der Waals surface area (Å²) in [5.41, 5.74) is 0.748. The Kier molecular flexibility index (Phi) is 3.52. The zero-order valence-corrected chi connectivity index (χ0v) is 10.2. The van der Waals surface area contributed by atoms with Crippen LogP contribution in [0.25, 0.3) is 0 Å². The van der Waals surface area contributed by atoms with E-state index in [-0.39, 0.29) is 16.9 Å². The molecule has 1 aliphatic heterocycles. The zero-order valence-electron chi connectivity index (χ0n) is 9.45. The predicted molar refractivity (Wildman–Crippen MR) is 63.7 cm³/mol. The molecular formula is C12H13ClFNO2. The Labute approximate surface area is 104 Å². The third kappa shape index (κ3) is 2.52. The number of hydrogen-bond acceptors (Lipinski definition) is 3. The van der Waals surface area contributed by atoms with Gasteiger partial charge in [-0.3, -0.25) is 4.79 Å². The van der Waals surface area contributed by atoms with Gasteiger partial charge in [0.25, 0.3) is 0 Å². The molecule has 0 bridgehead atoms. The first-order valence-electron chi connectivity index (χ1n) is 5.39. The fraction of sp³-hybridized carbons (Fsp3) is 0.417. The summed E-state index contributed by atoms with van der Waals surface area (Å²) in [5.74, 6) is -0.772. The molecule has 3 nitrogen and oxygen atoms in total. The smallest absolute Gasteiger partial charge is 0.310 e. The molecule has 0 N–H and O–H groups in total. The molecule has 1 aromatic carbocycles. The van der Waals surface area contributed by atoms with Crippen LogP contribution in [0.3, 0.4) is 0 Å². The maximum atomic E-state index is 13.3. The second-order valence-electron chi connectivity index (χ2n) is 4.05. The summed E-state index contributed by atoms with van der Waals surface area (Å²) in [6.45, 7) is 1.29. The number of anilines is 1. The average Bonchev–Trinajstić information content (AvgIpc) is 2.81. The summed E-state index contributed by atoms with van der Waals surface area (Å²) >= 11 is 5.62. The monoisotopic (exact) mass is 257 g/mol. The summed E-state index contributed by atoms with van der Waals surface area (Å²) < 4.78 is 18.0. The van der Waals surface area contributed by atoms with E-state index in [4.69, 9.17) is 16.3 Å². The SMILES string of the molecule is COC(=O)C1CCN(c2ccc(Cl)c(F)c2)C1. The van der Waals surface area contributed by atoms with Gasteiger partial charge in [-0.2, -0.15) is 0 Å². The minimum absolute atomic E-state index is 0.109. The molecular weight excluding hydrogens is 245 g/mol. The van der Waals surface area contributed by atoms with Gasteiger partial charge in [0.15, 0.2) is 0 Å². The third-order valence-electron chi connectivity index (χ3n) is 2.99. The zero-order chi connectivity index (χ0) is 12.4. The Hall–Kier alpha value is -1.29. The Balaban J connectivity index is 2.10. The van der Waals surface area contributed by atoms with Crippen molar-refractivity contribution in [2.75, 3.05) is 25.1 Å². The van der Waals surface area contributed by atoms with Gasteiger partial charge in [0.2, 0.25) is 0 Å². The molecule has 1 saturated heterocycles. The highest BCUT2D eigenvalue weighted by Crippen LogP contribution is 2.27. The predicted octanol–water partition coefficient (Wildman–Crippen LogP) is 2.48. The van der Waals surface area contributed by atoms with Gasteiger partial charge in [0.05, 0.1) is 18.1 Å². The van der Waals surface area contributed by atoms with Gasteiger partial charge in [-0.1, -0.05) is 11.6 Å². The minimum atomic E-state index is -0.439. The van der Waals surface area contributed by atoms with Crippen LogP contribution in [-0.2, 0) is 9.53 Å². The van der Waals surface area contributed by atoms with E-state index in [0.29, 0.717) is 6.54 Å². The van der Waals surface area contributed by atoms with Crippen LogP contribution in [0.2, 0.25) is 5.02 Å². The summed E-state index contributed by atoms with van der Waals surface area (Å²) in [6, 6.07) is 4.67. The van der Waals surface area contributed by atoms with E-state index in [2.05, 4.69) is 0 Å². The first-order chi connectivity index (χ1) is 8.11. The number of ether oxygens (including phenoxy) is 1. The van der Waals surface area contributed by atoms with Gasteiger partial charge >= 0.3 is 5.97 Å². The number of esters is 1. The fourth-order valence-corrected chi connectivity index (χ4v) is 2.15. The van der Waals surface area contributed by atoms with Crippen molar-refractivity contribution in [3.8, 4) is 0 Å². The second-order valence-corrected chi connectivity index (χ2v) is 4.46. The molecule has 1 heterocycles. The molecule has 0 spiro atoms. The number of halogens is 2. The van der Waals surface area contributed by atoms with Crippen LogP contribution in [0.5, 0.6) is 0 Å². The van der Waals surface area contributed by atoms with Crippen LogP contribution >= 0.6 is 11.6 Å². The summed E-state index contributed by atoms with van der Waals surface area (Å²) in [4.78, 5) is 13.3. The molecule has 0 amide bonds. The molecule has 1 aliphatic rings. The van der Waals surface area contributed by atoms with Crippen molar-refractivity contribution in [1.82, 2.24) is 0 Å². The molecule has 1 aromatic rings. The molecule has 0 aromatic heterocycles. The van der Waals surface area contributed by atoms with Crippen molar-refractivity contribution >= 4 is 23.3 Å². The maximum Gasteiger partial charge on any atom is 0.310 e. The van der Waals surface area contributed by atoms with Crippen molar-refractivity contribution in [2.45, 2.75) is 6.42 Å². The third-order valence-corrected chi connectivity index (χ3v) is 3.30. The van der Waals surface area contributed by atoms with Crippen molar-refractivity contribution in [3.05, 3.63) is 29.0 Å². The van der Waals surface area contributed by atoms with E-state index in [1.807, 2.05) is 4.90 Å². The lowest BCUT2D eigenvalue weighted by Gasteiger charge is -2.18. The lowest BCUT2D eigenvalue weighted by molar-refractivity contribution is -0.144. The molecule has 0 radical (unpaired) electrons. The number of methoxy groups -OCH3 is 1. The van der Waals surface area contributed by atoms with E-state index >= 15 is 0 Å². The number of carbonyl (C=O) groups excluding carboxylic acids is 1. The van der Waals surface area contributed by atoms with E-state index in [1.54, 1.807) is 6.07 Å². The van der Waals surface area contributed by atoms with Gasteiger partial charge in [0.1, 0.15) is 5.82 Å². The van der Waals surface area contributed by atoms with Crippen molar-refractivity contribution < 1.29 is 13.9 Å². The molecule has 92 valence electrons. The number of rotatable bonds is 2. The normalized spacial score (nSPS) is 19.5. The first kappa shape index (κ1) is 12.2. The number of benzene rings is 1. The van der Waals surface area contributed by atoms with Crippen LogP contribution in [0.4, 0.5) is 10.1 Å². The molecule has 1 unspecified atom stereocenters. The van der Waals surface area contributed by atoms with Crippen molar-refractivity contribution in [3.63, 3.8) is 0 Å². The summed E-state index contributed by atoms with van der Waals surface area (Å²) in [7, 11) is 1.38. The topological polar surface area (TPSA) is 29.5 Å². The van der Waals surface area contributed by atoms with E-state index < -0.39 is 5.82 Å². The Morgan fingerprint density at radius 2 is 2.35 bits per heavy atom. The fourth-order valence-electron chi connectivity index (χ4n) is 2.04. The van der Waals surface area contributed by atoms with E-state index in [9.17, 15) is 9.18 Å². The van der Waals surface area contributed by atoms with Crippen LogP contribution in [0.1, 0.15) is 6.42 Å². The number of carbonyl (C=O) groups is 1. The first-order valence-corrected chi connectivity index (χ1v) is 5.77. The van der Waals surface area contributed by atoms with Gasteiger partial charge < -0.3 is 9.64 Å². The molecule has 1 fully saturated rings. The maximum absolute atomic E-state index is 13.3. The Morgan fingerprint density at radius 3 is 3.00 bits per heavy atom. The van der Waals surface area contributed by atoms with Crippen molar-refractivity contribution in [2.24, 2.45) is 5.92 Å². The van der Waals surface area contributed by atoms with Gasteiger partial charge in [0, 0.05) is 18.8 Å². The summed E-state index contributed by atoms with van der Waals surface area (Å²) in [5, 5.41) is 0.109. The Bertz CT molecular complexity index is 439. The van der Waals surface area contributed by atoms with Crippen LogP contribution in [0.15, 0.2) is 18.2 Å². The lowest BCUT2D eigenvalue weighted by atomic mass is 10.1. The lowest BCUT2D eigenvalue weighted by Crippen LogP contribution is -2.23. The minimum Gasteiger partial charge on any atom is -0.469 e. The standard InChI is InChI=1S/C12H13ClFNO2/c1-17-12(16)8-4-5-15(7-8)9-2-3-10(13)11(14)6-9/h2-3,6,8H,4-5,7H2,1H3. The number of nitrogens with zero attached hydrogens (tertiary/aromatic N) is 1. The van der Waals surface area contributed by atoms with Gasteiger partial charge in [-0.05, 0) is 24.6 Å². The van der Waals surface area contributed by atoms with Crippen LogP contribution in [0, 0.1) is 11.7 Å². The summed E-state index contributed by atoms with van der Waals surface area (Å²) in [6.07, 6.45) is 0.733.